The number of nitrogens with zero attached hydrogens (tertiary/aromatic N) is 3. The van der Waals surface area contributed by atoms with E-state index >= 15 is 0 Å². The van der Waals surface area contributed by atoms with E-state index in [2.05, 4.69) is 0 Å². The summed E-state index contributed by atoms with van der Waals surface area (Å²) in [5.74, 6) is 1.43. The molecule has 33 heavy (non-hydrogen) atoms. The van der Waals surface area contributed by atoms with E-state index in [1.165, 1.54) is 0 Å². The van der Waals surface area contributed by atoms with E-state index in [4.69, 9.17) is 29.2 Å². The minimum atomic E-state index is 0. The first-order valence-electron chi connectivity index (χ1n) is 10.3. The number of benzene rings is 2. The van der Waals surface area contributed by atoms with E-state index in [-0.39, 0.29) is 47.4 Å². The van der Waals surface area contributed by atoms with E-state index in [9.17, 15) is 0 Å². The third-order valence-corrected chi connectivity index (χ3v) is 4.77. The fraction of sp³-hybridized carbons (Fsp3) is 0.269. The maximum Gasteiger partial charge on any atom is 3.00 e. The topological polar surface area (TPSA) is 65.3 Å². The SMILES string of the molecule is C.CC1=Nc2ccccc2OCCOCCOc2ccccc2N=C(C)c2cccc1n2.[Gd+3]. The van der Waals surface area contributed by atoms with Crippen LogP contribution in [0, 0.1) is 39.9 Å². The van der Waals surface area contributed by atoms with Gasteiger partial charge in [-0.25, -0.2) is 15.0 Å². The fourth-order valence-electron chi connectivity index (χ4n) is 3.18. The van der Waals surface area contributed by atoms with Gasteiger partial charge in [-0.2, -0.15) is 0 Å². The summed E-state index contributed by atoms with van der Waals surface area (Å²) in [5, 5.41) is 0. The van der Waals surface area contributed by atoms with Crippen LogP contribution in [0.5, 0.6) is 11.5 Å². The van der Waals surface area contributed by atoms with Crippen LogP contribution in [-0.2, 0) is 4.74 Å². The molecule has 171 valence electrons. The van der Waals surface area contributed by atoms with Crippen LogP contribution in [0.2, 0.25) is 0 Å². The molecule has 0 unspecified atom stereocenters. The molecule has 0 N–H and O–H groups in total. The van der Waals surface area contributed by atoms with Gasteiger partial charge in [0.25, 0.3) is 0 Å². The first-order chi connectivity index (χ1) is 15.2. The Balaban J connectivity index is 0.00000193. The van der Waals surface area contributed by atoms with Gasteiger partial charge in [0.05, 0.1) is 36.0 Å². The number of pyridine rings is 1. The summed E-state index contributed by atoms with van der Waals surface area (Å²) < 4.78 is 17.4. The van der Waals surface area contributed by atoms with Crippen LogP contribution in [-0.4, -0.2) is 42.8 Å². The fourth-order valence-corrected chi connectivity index (χ4v) is 3.18. The maximum atomic E-state index is 5.90. The zero-order valence-corrected chi connectivity index (χ0v) is 20.4. The van der Waals surface area contributed by atoms with Crippen molar-refractivity contribution in [2.75, 3.05) is 26.4 Å². The molecule has 0 aliphatic carbocycles. The Morgan fingerprint density at radius 3 is 1.55 bits per heavy atom. The first kappa shape index (κ1) is 27.1. The second kappa shape index (κ2) is 13.5. The first-order valence-corrected chi connectivity index (χ1v) is 10.3. The molecule has 1 aliphatic rings. The Labute approximate surface area is 227 Å². The van der Waals surface area contributed by atoms with Crippen molar-refractivity contribution in [3.63, 3.8) is 0 Å². The van der Waals surface area contributed by atoms with E-state index in [0.29, 0.717) is 37.9 Å². The van der Waals surface area contributed by atoms with Gasteiger partial charge in [0, 0.05) is 0 Å². The van der Waals surface area contributed by atoms with E-state index < -0.39 is 0 Å². The van der Waals surface area contributed by atoms with Crippen molar-refractivity contribution >= 4 is 22.8 Å². The Kier molecular flexibility index (Phi) is 11.1. The largest absolute Gasteiger partial charge is 3.00 e. The predicted octanol–water partition coefficient (Wildman–Crippen LogP) is 5.79. The van der Waals surface area contributed by atoms with Crippen LogP contribution in [0.25, 0.3) is 0 Å². The molecule has 1 aromatic heterocycles. The summed E-state index contributed by atoms with van der Waals surface area (Å²) in [6, 6.07) is 21.3. The smallest absolute Gasteiger partial charge is 0.489 e. The number of fused-ring (bicyclic) bond motifs is 4. The van der Waals surface area contributed by atoms with Gasteiger partial charge in [-0.1, -0.05) is 37.8 Å². The molecular formula is C26H29GdN3O3+3. The molecule has 2 heterocycles. The molecule has 7 heteroatoms. The number of para-hydroxylation sites is 4. The standard InChI is InChI=1S/C25H25N3O3.CH4.Gd/c1-18-20-10-7-11-21(28-20)19(2)27-23-9-4-6-13-25(23)31-17-15-29-14-16-30-24-12-5-3-8-22(24)26-18;;/h3-13H,14-17H2,1-2H3;1H4;/q;;+3. The molecular weight excluding hydrogens is 560 g/mol. The third-order valence-electron chi connectivity index (χ3n) is 4.77. The second-order valence-electron chi connectivity index (χ2n) is 7.05. The van der Waals surface area contributed by atoms with Crippen molar-refractivity contribution in [1.82, 2.24) is 4.98 Å². The Hall–Kier alpha value is -2.19. The van der Waals surface area contributed by atoms with Crippen molar-refractivity contribution in [2.24, 2.45) is 9.98 Å². The van der Waals surface area contributed by atoms with Gasteiger partial charge in [-0.15, -0.1) is 0 Å². The summed E-state index contributed by atoms with van der Waals surface area (Å²) in [5.41, 5.74) is 4.69. The molecule has 0 atom stereocenters. The number of rotatable bonds is 0. The number of aromatic nitrogens is 1. The molecule has 1 radical (unpaired) electrons. The zero-order valence-electron chi connectivity index (χ0n) is 18.1. The van der Waals surface area contributed by atoms with Crippen LogP contribution in [0.1, 0.15) is 32.7 Å². The van der Waals surface area contributed by atoms with Crippen LogP contribution < -0.4 is 9.47 Å². The van der Waals surface area contributed by atoms with Crippen LogP contribution in [0.4, 0.5) is 11.4 Å². The van der Waals surface area contributed by atoms with Crippen molar-refractivity contribution in [3.8, 4) is 11.5 Å². The molecule has 0 amide bonds. The molecule has 0 spiro atoms. The summed E-state index contributed by atoms with van der Waals surface area (Å²) in [6.07, 6.45) is 0. The van der Waals surface area contributed by atoms with E-state index in [1.807, 2.05) is 80.6 Å². The van der Waals surface area contributed by atoms with Gasteiger partial charge < -0.3 is 14.2 Å². The van der Waals surface area contributed by atoms with Gasteiger partial charge in [0.15, 0.2) is 0 Å². The molecule has 0 saturated heterocycles. The summed E-state index contributed by atoms with van der Waals surface area (Å²) in [7, 11) is 0. The van der Waals surface area contributed by atoms with Crippen LogP contribution in [0.3, 0.4) is 0 Å². The molecule has 6 nitrogen and oxygen atoms in total. The monoisotopic (exact) mass is 589 g/mol. The van der Waals surface area contributed by atoms with Crippen molar-refractivity contribution < 1.29 is 54.2 Å². The molecule has 0 saturated carbocycles. The summed E-state index contributed by atoms with van der Waals surface area (Å²) in [6.45, 7) is 5.67. The Bertz CT molecular complexity index is 1030. The zero-order chi connectivity index (χ0) is 21.5. The summed E-state index contributed by atoms with van der Waals surface area (Å²) >= 11 is 0. The van der Waals surface area contributed by atoms with Gasteiger partial charge in [0.2, 0.25) is 0 Å². The van der Waals surface area contributed by atoms with Gasteiger partial charge in [-0.3, -0.25) is 0 Å². The molecule has 1 aliphatic heterocycles. The van der Waals surface area contributed by atoms with Gasteiger partial charge in [0.1, 0.15) is 36.1 Å². The number of hydrogen-bond acceptors (Lipinski definition) is 6. The van der Waals surface area contributed by atoms with E-state index in [0.717, 1.165) is 34.2 Å². The van der Waals surface area contributed by atoms with Crippen molar-refractivity contribution in [1.29, 1.82) is 0 Å². The predicted molar refractivity (Wildman–Crippen MR) is 129 cm³/mol. The average Bonchev–Trinajstić information content (AvgIpc) is 2.80. The van der Waals surface area contributed by atoms with Crippen molar-refractivity contribution in [2.45, 2.75) is 21.3 Å². The Morgan fingerprint density at radius 2 is 1.06 bits per heavy atom. The molecule has 3 aromatic rings. The average molecular weight is 589 g/mol. The molecule has 4 rings (SSSR count). The number of ether oxygens (including phenoxy) is 3. The van der Waals surface area contributed by atoms with Crippen LogP contribution in [0.15, 0.2) is 76.7 Å². The van der Waals surface area contributed by atoms with E-state index in [1.54, 1.807) is 0 Å². The Morgan fingerprint density at radius 1 is 0.606 bits per heavy atom. The second-order valence-corrected chi connectivity index (χ2v) is 7.05. The molecule has 0 fully saturated rings. The van der Waals surface area contributed by atoms with Crippen LogP contribution >= 0.6 is 0 Å². The van der Waals surface area contributed by atoms with Gasteiger partial charge in [-0.05, 0) is 50.2 Å². The number of aliphatic imine (C=N–C) groups is 2. The van der Waals surface area contributed by atoms with Crippen molar-refractivity contribution in [3.05, 3.63) is 78.1 Å². The maximum absolute atomic E-state index is 5.90. The quantitative estimate of drug-likeness (QED) is 0.334. The molecule has 2 aromatic carbocycles. The minimum absolute atomic E-state index is 0. The molecule has 2 bridgehead atoms. The van der Waals surface area contributed by atoms with Gasteiger partial charge >= 0.3 is 39.9 Å². The summed E-state index contributed by atoms with van der Waals surface area (Å²) in [4.78, 5) is 14.3. The normalized spacial score (nSPS) is 14.1. The minimum Gasteiger partial charge on any atom is -0.489 e. The third kappa shape index (κ3) is 7.40. The number of hydrogen-bond donors (Lipinski definition) is 0.